The number of carbonyl (C=O) groups is 1. The molecule has 0 aliphatic rings. The smallest absolute Gasteiger partial charge is 0.301 e. The molecule has 1 N–H and O–H groups in total. The standard InChI is InChI=1S/C40H80O3/c1-3-5-7-9-11-13-15-17-19-20-21-22-23-24-26-28-30-32-34-36-38-39(40(41)43-42)37-35-33-31-29-27-25-18-16-14-12-10-8-6-4-2/h39,42H,3-38H2,1-2H3. The van der Waals surface area contributed by atoms with Crippen LogP contribution in [-0.4, -0.2) is 11.2 Å². The second kappa shape index (κ2) is 37.6. The largest absolute Gasteiger partial charge is 0.345 e. The first-order chi connectivity index (χ1) is 21.3. The zero-order valence-corrected chi connectivity index (χ0v) is 29.8. The van der Waals surface area contributed by atoms with Crippen molar-refractivity contribution in [2.45, 2.75) is 245 Å². The number of unbranched alkanes of at least 4 members (excludes halogenated alkanes) is 32. The van der Waals surface area contributed by atoms with Gasteiger partial charge in [0.25, 0.3) is 0 Å². The van der Waals surface area contributed by atoms with E-state index in [2.05, 4.69) is 18.7 Å². The van der Waals surface area contributed by atoms with Gasteiger partial charge in [-0.1, -0.05) is 232 Å². The molecule has 0 amide bonds. The SMILES string of the molecule is CCCCCCCCCCCCCCCCCCCCCCC(CCCCCCCCCCCCCCCC)C(=O)OO. The van der Waals surface area contributed by atoms with Crippen molar-refractivity contribution in [3.8, 4) is 0 Å². The van der Waals surface area contributed by atoms with Crippen molar-refractivity contribution in [1.82, 2.24) is 0 Å². The molecule has 0 aliphatic carbocycles. The molecule has 0 spiro atoms. The number of carbonyl (C=O) groups excluding carboxylic acids is 1. The van der Waals surface area contributed by atoms with E-state index >= 15 is 0 Å². The number of hydrogen-bond acceptors (Lipinski definition) is 3. The molecule has 0 aromatic heterocycles. The molecule has 3 heteroatoms. The van der Waals surface area contributed by atoms with Gasteiger partial charge in [-0.3, -0.25) is 0 Å². The number of rotatable bonds is 37. The van der Waals surface area contributed by atoms with Crippen LogP contribution in [0, 0.1) is 5.92 Å². The molecule has 1 unspecified atom stereocenters. The van der Waals surface area contributed by atoms with Crippen LogP contribution >= 0.6 is 0 Å². The Hall–Kier alpha value is -0.570. The fourth-order valence-electron chi connectivity index (χ4n) is 6.69. The maximum atomic E-state index is 12.0. The molecular weight excluding hydrogens is 528 g/mol. The lowest BCUT2D eigenvalue weighted by Crippen LogP contribution is -2.16. The van der Waals surface area contributed by atoms with E-state index in [0.29, 0.717) is 0 Å². The van der Waals surface area contributed by atoms with Crippen LogP contribution in [0.15, 0.2) is 0 Å². The zero-order chi connectivity index (χ0) is 31.3. The van der Waals surface area contributed by atoms with Crippen LogP contribution in [0.3, 0.4) is 0 Å². The van der Waals surface area contributed by atoms with Crippen LogP contribution in [-0.2, 0) is 9.68 Å². The summed E-state index contributed by atoms with van der Waals surface area (Å²) in [6.07, 6.45) is 48.3. The quantitative estimate of drug-likeness (QED) is 0.0433. The topological polar surface area (TPSA) is 46.5 Å². The minimum absolute atomic E-state index is 0.113. The van der Waals surface area contributed by atoms with Gasteiger partial charge in [0, 0.05) is 0 Å². The molecule has 0 bridgehead atoms. The van der Waals surface area contributed by atoms with Gasteiger partial charge in [0.2, 0.25) is 0 Å². The van der Waals surface area contributed by atoms with E-state index in [9.17, 15) is 4.79 Å². The molecule has 0 aliphatic heterocycles. The highest BCUT2D eigenvalue weighted by atomic mass is 17.1. The summed E-state index contributed by atoms with van der Waals surface area (Å²) in [6, 6.07) is 0. The molecule has 0 saturated carbocycles. The van der Waals surface area contributed by atoms with Crippen molar-refractivity contribution < 1.29 is 14.9 Å². The van der Waals surface area contributed by atoms with Crippen LogP contribution in [0.4, 0.5) is 0 Å². The fraction of sp³-hybridized carbons (Fsp3) is 0.975. The Morgan fingerprint density at radius 2 is 0.558 bits per heavy atom. The van der Waals surface area contributed by atoms with Gasteiger partial charge in [0.05, 0.1) is 5.92 Å². The molecule has 0 saturated heterocycles. The molecule has 0 rings (SSSR count). The lowest BCUT2D eigenvalue weighted by Gasteiger charge is -2.13. The van der Waals surface area contributed by atoms with Gasteiger partial charge < -0.3 is 4.89 Å². The van der Waals surface area contributed by atoms with Gasteiger partial charge in [0.1, 0.15) is 0 Å². The average molecular weight is 609 g/mol. The van der Waals surface area contributed by atoms with Gasteiger partial charge >= 0.3 is 5.97 Å². The predicted molar refractivity (Wildman–Crippen MR) is 190 cm³/mol. The molecule has 0 fully saturated rings. The maximum absolute atomic E-state index is 12.0. The fourth-order valence-corrected chi connectivity index (χ4v) is 6.69. The summed E-state index contributed by atoms with van der Waals surface area (Å²) in [5.41, 5.74) is 0. The summed E-state index contributed by atoms with van der Waals surface area (Å²) in [5, 5.41) is 8.94. The van der Waals surface area contributed by atoms with Gasteiger partial charge in [0.15, 0.2) is 0 Å². The van der Waals surface area contributed by atoms with Gasteiger partial charge in [-0.25, -0.2) is 4.79 Å². The molecule has 3 nitrogen and oxygen atoms in total. The van der Waals surface area contributed by atoms with Crippen molar-refractivity contribution in [2.75, 3.05) is 0 Å². The zero-order valence-electron chi connectivity index (χ0n) is 29.8. The van der Waals surface area contributed by atoms with Crippen LogP contribution in [0.2, 0.25) is 0 Å². The van der Waals surface area contributed by atoms with Crippen molar-refractivity contribution in [2.24, 2.45) is 5.92 Å². The highest BCUT2D eigenvalue weighted by Gasteiger charge is 2.19. The Balaban J connectivity index is 3.45. The third-order valence-electron chi connectivity index (χ3n) is 9.74. The third kappa shape index (κ3) is 34.1. The lowest BCUT2D eigenvalue weighted by molar-refractivity contribution is -0.239. The second-order valence-electron chi connectivity index (χ2n) is 14.0. The van der Waals surface area contributed by atoms with Gasteiger partial charge in [-0.15, -0.1) is 0 Å². The van der Waals surface area contributed by atoms with Crippen LogP contribution < -0.4 is 0 Å². The molecule has 0 heterocycles. The summed E-state index contributed by atoms with van der Waals surface area (Å²) in [7, 11) is 0. The Morgan fingerprint density at radius 1 is 0.372 bits per heavy atom. The Kier molecular flexibility index (Phi) is 37.1. The average Bonchev–Trinajstić information content (AvgIpc) is 3.02. The molecule has 0 aromatic rings. The second-order valence-corrected chi connectivity index (χ2v) is 14.0. The van der Waals surface area contributed by atoms with Crippen LogP contribution in [0.1, 0.15) is 245 Å². The van der Waals surface area contributed by atoms with Gasteiger partial charge in [-0.2, -0.15) is 5.26 Å². The summed E-state index contributed by atoms with van der Waals surface area (Å²) in [5.74, 6) is -0.523. The van der Waals surface area contributed by atoms with E-state index in [1.165, 1.54) is 205 Å². The summed E-state index contributed by atoms with van der Waals surface area (Å²) in [6.45, 7) is 4.58. The van der Waals surface area contributed by atoms with Crippen molar-refractivity contribution in [3.05, 3.63) is 0 Å². The first kappa shape index (κ1) is 42.4. The molecule has 1 atom stereocenters. The first-order valence-corrected chi connectivity index (χ1v) is 20.1. The van der Waals surface area contributed by atoms with Crippen molar-refractivity contribution in [1.29, 1.82) is 0 Å². The summed E-state index contributed by atoms with van der Waals surface area (Å²) >= 11 is 0. The molecule has 43 heavy (non-hydrogen) atoms. The highest BCUT2D eigenvalue weighted by Crippen LogP contribution is 2.21. The summed E-state index contributed by atoms with van der Waals surface area (Å²) in [4.78, 5) is 16.2. The Morgan fingerprint density at radius 3 is 0.744 bits per heavy atom. The van der Waals surface area contributed by atoms with E-state index < -0.39 is 5.97 Å². The van der Waals surface area contributed by atoms with E-state index in [1.54, 1.807) is 0 Å². The Labute approximate surface area is 271 Å². The Bertz CT molecular complexity index is 520. The van der Waals surface area contributed by atoms with Gasteiger partial charge in [-0.05, 0) is 12.8 Å². The summed E-state index contributed by atoms with van der Waals surface area (Å²) < 4.78 is 0. The minimum Gasteiger partial charge on any atom is -0.301 e. The van der Waals surface area contributed by atoms with E-state index in [4.69, 9.17) is 5.26 Å². The number of hydrogen-bond donors (Lipinski definition) is 1. The minimum atomic E-state index is -0.410. The van der Waals surface area contributed by atoms with Crippen LogP contribution in [0.25, 0.3) is 0 Å². The molecule has 258 valence electrons. The molecular formula is C40H80O3. The third-order valence-corrected chi connectivity index (χ3v) is 9.74. The predicted octanol–water partition coefficient (Wildman–Crippen LogP) is 14.7. The molecule has 0 aromatic carbocycles. The van der Waals surface area contributed by atoms with E-state index in [1.807, 2.05) is 0 Å². The van der Waals surface area contributed by atoms with Crippen molar-refractivity contribution >= 4 is 5.97 Å². The monoisotopic (exact) mass is 609 g/mol. The van der Waals surface area contributed by atoms with Crippen molar-refractivity contribution in [3.63, 3.8) is 0 Å². The normalized spacial score (nSPS) is 12.2. The first-order valence-electron chi connectivity index (χ1n) is 20.1. The van der Waals surface area contributed by atoms with E-state index in [-0.39, 0.29) is 5.92 Å². The lowest BCUT2D eigenvalue weighted by atomic mass is 9.94. The van der Waals surface area contributed by atoms with E-state index in [0.717, 1.165) is 25.7 Å². The highest BCUT2D eigenvalue weighted by molar-refractivity contribution is 5.71. The molecule has 0 radical (unpaired) electrons. The van der Waals surface area contributed by atoms with Crippen LogP contribution in [0.5, 0.6) is 0 Å². The maximum Gasteiger partial charge on any atom is 0.345 e.